The van der Waals surface area contributed by atoms with Crippen molar-refractivity contribution in [3.8, 4) is 0 Å². The van der Waals surface area contributed by atoms with E-state index in [9.17, 15) is 4.79 Å². The van der Waals surface area contributed by atoms with E-state index in [2.05, 4.69) is 5.32 Å². The molecule has 1 aromatic rings. The maximum absolute atomic E-state index is 10.3. The summed E-state index contributed by atoms with van der Waals surface area (Å²) in [6, 6.07) is 3.16. The van der Waals surface area contributed by atoms with Gasteiger partial charge in [0.1, 0.15) is 0 Å². The Morgan fingerprint density at radius 1 is 1.25 bits per heavy atom. The Balaban J connectivity index is 2.57. The van der Waals surface area contributed by atoms with E-state index in [1.54, 1.807) is 12.1 Å². The van der Waals surface area contributed by atoms with Gasteiger partial charge < -0.3 is 10.4 Å². The van der Waals surface area contributed by atoms with Crippen LogP contribution in [0.1, 0.15) is 12.8 Å². The first-order valence-electron chi connectivity index (χ1n) is 4.61. The number of hydrogen-bond donors (Lipinski definition) is 2. The van der Waals surface area contributed by atoms with E-state index in [1.165, 1.54) is 0 Å². The summed E-state index contributed by atoms with van der Waals surface area (Å²) in [5.74, 6) is -0.824. The van der Waals surface area contributed by atoms with E-state index in [4.69, 9.17) is 39.9 Å². The summed E-state index contributed by atoms with van der Waals surface area (Å²) in [6.07, 6.45) is 0.612. The number of halogens is 3. The molecule has 0 unspecified atom stereocenters. The van der Waals surface area contributed by atoms with Crippen LogP contribution in [0.15, 0.2) is 12.1 Å². The number of aliphatic carboxylic acids is 1. The molecule has 0 spiro atoms. The molecular weight excluding hydrogens is 272 g/mol. The van der Waals surface area contributed by atoms with Crippen LogP contribution >= 0.6 is 34.8 Å². The normalized spacial score (nSPS) is 10.2. The Morgan fingerprint density at radius 3 is 2.31 bits per heavy atom. The van der Waals surface area contributed by atoms with Crippen molar-refractivity contribution < 1.29 is 9.90 Å². The summed E-state index contributed by atoms with van der Waals surface area (Å²) in [4.78, 5) is 10.3. The predicted molar refractivity (Wildman–Crippen MR) is 66.8 cm³/mol. The van der Waals surface area contributed by atoms with Gasteiger partial charge in [-0.3, -0.25) is 4.79 Å². The third-order valence-corrected chi connectivity index (χ3v) is 2.69. The molecule has 0 fully saturated rings. The molecule has 0 bridgehead atoms. The van der Waals surface area contributed by atoms with Crippen molar-refractivity contribution in [3.05, 3.63) is 27.2 Å². The maximum Gasteiger partial charge on any atom is 0.303 e. The zero-order valence-electron chi connectivity index (χ0n) is 8.27. The zero-order chi connectivity index (χ0) is 12.1. The molecule has 1 rings (SSSR count). The van der Waals surface area contributed by atoms with Crippen molar-refractivity contribution in [2.75, 3.05) is 11.9 Å². The lowest BCUT2D eigenvalue weighted by Gasteiger charge is -2.10. The van der Waals surface area contributed by atoms with E-state index in [-0.39, 0.29) is 6.42 Å². The number of hydrogen-bond acceptors (Lipinski definition) is 2. The Bertz CT molecular complexity index is 373. The summed E-state index contributed by atoms with van der Waals surface area (Å²) < 4.78 is 0. The van der Waals surface area contributed by atoms with Gasteiger partial charge >= 0.3 is 5.97 Å². The topological polar surface area (TPSA) is 49.3 Å². The second-order valence-electron chi connectivity index (χ2n) is 3.17. The number of carboxylic acids is 1. The molecule has 0 heterocycles. The fourth-order valence-corrected chi connectivity index (χ4v) is 2.11. The van der Waals surface area contributed by atoms with Crippen molar-refractivity contribution in [1.29, 1.82) is 0 Å². The molecule has 0 saturated heterocycles. The lowest BCUT2D eigenvalue weighted by molar-refractivity contribution is -0.137. The average Bonchev–Trinajstić information content (AvgIpc) is 2.14. The fraction of sp³-hybridized carbons (Fsp3) is 0.300. The molecule has 0 saturated carbocycles. The highest BCUT2D eigenvalue weighted by molar-refractivity contribution is 6.41. The fourth-order valence-electron chi connectivity index (χ4n) is 1.16. The Morgan fingerprint density at radius 2 is 1.81 bits per heavy atom. The average molecular weight is 283 g/mol. The SMILES string of the molecule is O=C(O)CCCNc1c(Cl)cc(Cl)cc1Cl. The Hall–Kier alpha value is -0.640. The molecule has 6 heteroatoms. The second kappa shape index (κ2) is 6.18. The molecule has 0 aliphatic carbocycles. The molecule has 16 heavy (non-hydrogen) atoms. The first-order chi connectivity index (χ1) is 7.50. The van der Waals surface area contributed by atoms with Crippen LogP contribution in [0, 0.1) is 0 Å². The third-order valence-electron chi connectivity index (χ3n) is 1.88. The molecule has 0 aliphatic heterocycles. The third kappa shape index (κ3) is 4.08. The molecule has 1 aromatic carbocycles. The van der Waals surface area contributed by atoms with E-state index in [1.807, 2.05) is 0 Å². The van der Waals surface area contributed by atoms with Gasteiger partial charge in [-0.05, 0) is 18.6 Å². The lowest BCUT2D eigenvalue weighted by atomic mass is 10.3. The van der Waals surface area contributed by atoms with Gasteiger partial charge in [0.2, 0.25) is 0 Å². The van der Waals surface area contributed by atoms with Crippen LogP contribution in [0.2, 0.25) is 15.1 Å². The van der Waals surface area contributed by atoms with Crippen LogP contribution < -0.4 is 5.32 Å². The number of rotatable bonds is 5. The first-order valence-corrected chi connectivity index (χ1v) is 5.74. The second-order valence-corrected chi connectivity index (χ2v) is 4.42. The van der Waals surface area contributed by atoms with Crippen LogP contribution in [0.3, 0.4) is 0 Å². The molecule has 0 aliphatic rings. The van der Waals surface area contributed by atoms with E-state index in [0.29, 0.717) is 33.7 Å². The lowest BCUT2D eigenvalue weighted by Crippen LogP contribution is -2.05. The van der Waals surface area contributed by atoms with Gasteiger partial charge in [-0.1, -0.05) is 34.8 Å². The molecule has 3 nitrogen and oxygen atoms in total. The van der Waals surface area contributed by atoms with Crippen molar-refractivity contribution in [2.24, 2.45) is 0 Å². The molecule has 88 valence electrons. The molecule has 2 N–H and O–H groups in total. The smallest absolute Gasteiger partial charge is 0.303 e. The zero-order valence-corrected chi connectivity index (χ0v) is 10.5. The predicted octanol–water partition coefficient (Wildman–Crippen LogP) is 3.92. The van der Waals surface area contributed by atoms with Crippen LogP contribution in [0.4, 0.5) is 5.69 Å². The molecule has 0 aromatic heterocycles. The number of carbonyl (C=O) groups is 1. The van der Waals surface area contributed by atoms with Gasteiger partial charge in [0.15, 0.2) is 0 Å². The number of anilines is 1. The van der Waals surface area contributed by atoms with E-state index >= 15 is 0 Å². The van der Waals surface area contributed by atoms with Crippen molar-refractivity contribution in [2.45, 2.75) is 12.8 Å². The van der Waals surface area contributed by atoms with Crippen molar-refractivity contribution >= 4 is 46.5 Å². The van der Waals surface area contributed by atoms with Gasteiger partial charge in [-0.15, -0.1) is 0 Å². The summed E-state index contributed by atoms with van der Waals surface area (Å²) in [7, 11) is 0. The molecule has 0 amide bonds. The van der Waals surface area contributed by atoms with Crippen molar-refractivity contribution in [1.82, 2.24) is 0 Å². The number of carboxylic acid groups (broad SMARTS) is 1. The minimum absolute atomic E-state index is 0.107. The van der Waals surface area contributed by atoms with Gasteiger partial charge in [0.05, 0.1) is 15.7 Å². The Kier molecular flexibility index (Phi) is 5.19. The maximum atomic E-state index is 10.3. The number of benzene rings is 1. The quantitative estimate of drug-likeness (QED) is 0.805. The summed E-state index contributed by atoms with van der Waals surface area (Å²) in [5, 5.41) is 12.7. The summed E-state index contributed by atoms with van der Waals surface area (Å²) in [5.41, 5.74) is 0.582. The van der Waals surface area contributed by atoms with Gasteiger partial charge in [0.25, 0.3) is 0 Å². The Labute approximate surface area is 108 Å². The van der Waals surface area contributed by atoms with Crippen LogP contribution in [-0.4, -0.2) is 17.6 Å². The van der Waals surface area contributed by atoms with Crippen LogP contribution in [-0.2, 0) is 4.79 Å². The van der Waals surface area contributed by atoms with Gasteiger partial charge in [-0.2, -0.15) is 0 Å². The largest absolute Gasteiger partial charge is 0.481 e. The highest BCUT2D eigenvalue weighted by Gasteiger charge is 2.07. The van der Waals surface area contributed by atoms with Crippen LogP contribution in [0.25, 0.3) is 0 Å². The van der Waals surface area contributed by atoms with Gasteiger partial charge in [0, 0.05) is 18.0 Å². The van der Waals surface area contributed by atoms with Crippen molar-refractivity contribution in [3.63, 3.8) is 0 Å². The summed E-state index contributed by atoms with van der Waals surface area (Å²) in [6.45, 7) is 0.493. The summed E-state index contributed by atoms with van der Waals surface area (Å²) >= 11 is 17.6. The number of nitrogens with one attached hydrogen (secondary N) is 1. The minimum atomic E-state index is -0.824. The molecule has 0 atom stereocenters. The molecular formula is C10H10Cl3NO2. The van der Waals surface area contributed by atoms with Gasteiger partial charge in [-0.25, -0.2) is 0 Å². The standard InChI is InChI=1S/C10H10Cl3NO2/c11-6-4-7(12)10(8(13)5-6)14-3-1-2-9(15)16/h4-5,14H,1-3H2,(H,15,16). The first kappa shape index (κ1) is 13.4. The van der Waals surface area contributed by atoms with Crippen LogP contribution in [0.5, 0.6) is 0 Å². The highest BCUT2D eigenvalue weighted by atomic mass is 35.5. The monoisotopic (exact) mass is 281 g/mol. The minimum Gasteiger partial charge on any atom is -0.481 e. The highest BCUT2D eigenvalue weighted by Crippen LogP contribution is 2.33. The van der Waals surface area contributed by atoms with E-state index in [0.717, 1.165) is 0 Å². The molecule has 0 radical (unpaired) electrons. The van der Waals surface area contributed by atoms with E-state index < -0.39 is 5.97 Å².